The summed E-state index contributed by atoms with van der Waals surface area (Å²) in [4.78, 5) is 24.6. The number of hydrogen-bond donors (Lipinski definition) is 3. The van der Waals surface area contributed by atoms with Crippen LogP contribution in [0.25, 0.3) is 0 Å². The first-order valence-corrected chi connectivity index (χ1v) is 36.1. The van der Waals surface area contributed by atoms with E-state index >= 15 is 0 Å². The zero-order valence-electron chi connectivity index (χ0n) is 53.6. The van der Waals surface area contributed by atoms with E-state index in [9.17, 15) is 19.8 Å². The number of unbranched alkanes of at least 4 members (excludes halogenated alkanes) is 55. The van der Waals surface area contributed by atoms with Crippen molar-refractivity contribution in [2.24, 2.45) is 0 Å². The van der Waals surface area contributed by atoms with Crippen LogP contribution in [-0.2, 0) is 14.3 Å². The molecule has 2 atom stereocenters. The van der Waals surface area contributed by atoms with Gasteiger partial charge in [0.1, 0.15) is 0 Å². The molecule has 0 saturated heterocycles. The van der Waals surface area contributed by atoms with Crippen LogP contribution >= 0.6 is 0 Å². The second-order valence-corrected chi connectivity index (χ2v) is 24.9. The second-order valence-electron chi connectivity index (χ2n) is 24.9. The number of esters is 1. The summed E-state index contributed by atoms with van der Waals surface area (Å²) in [5.74, 6) is -0.0485. The number of rotatable bonds is 68. The number of amides is 1. The van der Waals surface area contributed by atoms with Crippen LogP contribution in [0, 0.1) is 0 Å². The number of aliphatic hydroxyl groups excluding tert-OH is 2. The van der Waals surface area contributed by atoms with Gasteiger partial charge >= 0.3 is 5.97 Å². The van der Waals surface area contributed by atoms with Crippen LogP contribution in [0.5, 0.6) is 0 Å². The van der Waals surface area contributed by atoms with Gasteiger partial charge in [0, 0.05) is 12.8 Å². The first-order chi connectivity index (χ1) is 39.0. The normalized spacial score (nSPS) is 12.6. The molecule has 0 aromatic carbocycles. The average Bonchev–Trinajstić information content (AvgIpc) is 3.45. The van der Waals surface area contributed by atoms with E-state index in [1.807, 2.05) is 6.08 Å². The maximum atomic E-state index is 12.5. The third-order valence-electron chi connectivity index (χ3n) is 17.0. The molecule has 0 saturated carbocycles. The largest absolute Gasteiger partial charge is 0.466 e. The van der Waals surface area contributed by atoms with E-state index in [1.165, 1.54) is 334 Å². The lowest BCUT2D eigenvalue weighted by Crippen LogP contribution is -2.45. The summed E-state index contributed by atoms with van der Waals surface area (Å²) < 4.78 is 5.51. The van der Waals surface area contributed by atoms with Gasteiger partial charge in [0.2, 0.25) is 5.91 Å². The Balaban J connectivity index is 3.37. The molecular weight excluding hydrogens is 971 g/mol. The highest BCUT2D eigenvalue weighted by atomic mass is 16.5. The van der Waals surface area contributed by atoms with Gasteiger partial charge in [-0.25, -0.2) is 0 Å². The molecule has 79 heavy (non-hydrogen) atoms. The minimum atomic E-state index is -0.844. The summed E-state index contributed by atoms with van der Waals surface area (Å²) in [6.07, 6.45) is 86.9. The van der Waals surface area contributed by atoms with Gasteiger partial charge in [0.25, 0.3) is 0 Å². The Morgan fingerprint density at radius 2 is 0.595 bits per heavy atom. The fourth-order valence-electron chi connectivity index (χ4n) is 11.5. The molecule has 3 N–H and O–H groups in total. The number of nitrogens with one attached hydrogen (secondary N) is 1. The molecule has 0 radical (unpaired) electrons. The van der Waals surface area contributed by atoms with Gasteiger partial charge in [0.05, 0.1) is 25.4 Å². The highest BCUT2D eigenvalue weighted by molar-refractivity contribution is 5.76. The minimum absolute atomic E-state index is 0.0139. The van der Waals surface area contributed by atoms with Gasteiger partial charge in [-0.05, 0) is 57.8 Å². The molecule has 0 aromatic heterocycles. The van der Waals surface area contributed by atoms with Crippen LogP contribution in [0.3, 0.4) is 0 Å². The summed E-state index contributed by atoms with van der Waals surface area (Å²) in [5, 5.41) is 23.2. The standard InChI is InChI=1S/C73H141NO5/c1-3-5-7-9-11-13-15-17-19-21-30-33-37-41-45-49-53-57-61-65-71(76)70(69-75)74-72(77)66-62-58-54-50-46-42-38-34-31-28-26-24-23-25-27-29-32-36-40-44-48-52-56-60-64-68-79-73(78)67-63-59-55-51-47-43-39-35-22-20-18-16-14-12-10-8-6-4-2/h20,22,61,65,70-71,75-76H,3-19,21,23-60,62-64,66-69H2,1-2H3,(H,74,77)/b22-20-,65-61+. The van der Waals surface area contributed by atoms with E-state index < -0.39 is 12.1 Å². The lowest BCUT2D eigenvalue weighted by atomic mass is 10.0. The van der Waals surface area contributed by atoms with Crippen molar-refractivity contribution in [1.29, 1.82) is 0 Å². The van der Waals surface area contributed by atoms with Crippen molar-refractivity contribution < 1.29 is 24.5 Å². The zero-order valence-corrected chi connectivity index (χ0v) is 53.6. The van der Waals surface area contributed by atoms with Crippen molar-refractivity contribution in [2.75, 3.05) is 13.2 Å². The molecule has 0 aliphatic heterocycles. The van der Waals surface area contributed by atoms with Crippen molar-refractivity contribution in [3.8, 4) is 0 Å². The monoisotopic (exact) mass is 1110 g/mol. The molecule has 0 spiro atoms. The smallest absolute Gasteiger partial charge is 0.305 e. The molecule has 0 bridgehead atoms. The quantitative estimate of drug-likeness (QED) is 0.0320. The summed E-state index contributed by atoms with van der Waals surface area (Å²) in [7, 11) is 0. The lowest BCUT2D eigenvalue weighted by Gasteiger charge is -2.20. The Kier molecular flexibility index (Phi) is 67.4. The van der Waals surface area contributed by atoms with E-state index in [4.69, 9.17) is 4.74 Å². The highest BCUT2D eigenvalue weighted by Crippen LogP contribution is 2.19. The Morgan fingerprint density at radius 3 is 0.899 bits per heavy atom. The molecule has 0 fully saturated rings. The Morgan fingerprint density at radius 1 is 0.342 bits per heavy atom. The van der Waals surface area contributed by atoms with Gasteiger partial charge in [-0.1, -0.05) is 359 Å². The van der Waals surface area contributed by atoms with Crippen LogP contribution < -0.4 is 5.32 Å². The number of hydrogen-bond acceptors (Lipinski definition) is 5. The van der Waals surface area contributed by atoms with Crippen LogP contribution in [0.4, 0.5) is 0 Å². The van der Waals surface area contributed by atoms with Gasteiger partial charge < -0.3 is 20.3 Å². The van der Waals surface area contributed by atoms with E-state index in [0.717, 1.165) is 44.9 Å². The molecule has 0 rings (SSSR count). The first kappa shape index (κ1) is 77.3. The predicted molar refractivity (Wildman–Crippen MR) is 347 cm³/mol. The fraction of sp³-hybridized carbons (Fsp3) is 0.918. The van der Waals surface area contributed by atoms with Crippen molar-refractivity contribution in [1.82, 2.24) is 5.32 Å². The number of carbonyl (C=O) groups excluding carboxylic acids is 2. The summed E-state index contributed by atoms with van der Waals surface area (Å²) >= 11 is 0. The molecule has 0 aromatic rings. The van der Waals surface area contributed by atoms with Crippen LogP contribution in [-0.4, -0.2) is 47.4 Å². The molecule has 468 valence electrons. The Bertz CT molecular complexity index is 1230. The maximum Gasteiger partial charge on any atom is 0.305 e. The van der Waals surface area contributed by atoms with Gasteiger partial charge in [-0.2, -0.15) is 0 Å². The topological polar surface area (TPSA) is 95.9 Å². The average molecular weight is 1110 g/mol. The minimum Gasteiger partial charge on any atom is -0.466 e. The summed E-state index contributed by atoms with van der Waals surface area (Å²) in [6, 6.07) is -0.627. The third-order valence-corrected chi connectivity index (χ3v) is 17.0. The molecule has 2 unspecified atom stereocenters. The molecule has 0 aliphatic rings. The number of aliphatic hydroxyl groups is 2. The van der Waals surface area contributed by atoms with E-state index in [2.05, 4.69) is 31.3 Å². The zero-order chi connectivity index (χ0) is 57.1. The van der Waals surface area contributed by atoms with Crippen LogP contribution in [0.15, 0.2) is 24.3 Å². The van der Waals surface area contributed by atoms with Crippen molar-refractivity contribution in [3.63, 3.8) is 0 Å². The number of ether oxygens (including phenoxy) is 1. The summed E-state index contributed by atoms with van der Waals surface area (Å²) in [5.41, 5.74) is 0. The van der Waals surface area contributed by atoms with Crippen molar-refractivity contribution >= 4 is 11.9 Å². The SMILES string of the molecule is CCCCCCCCC/C=C\CCCCCCCCCC(=O)OCCCCCCCCCCCCCCCCCCCCCCCCCCCC(=O)NC(CO)C(O)/C=C/CCCCCCCCCCCCCCCCCCC. The number of carbonyl (C=O) groups is 2. The Hall–Kier alpha value is -1.66. The highest BCUT2D eigenvalue weighted by Gasteiger charge is 2.18. The predicted octanol–water partition coefficient (Wildman–Crippen LogP) is 23.3. The molecule has 6 nitrogen and oxygen atoms in total. The molecule has 0 aliphatic carbocycles. The molecule has 0 heterocycles. The lowest BCUT2D eigenvalue weighted by molar-refractivity contribution is -0.143. The second kappa shape index (κ2) is 68.8. The van der Waals surface area contributed by atoms with Crippen LogP contribution in [0.1, 0.15) is 406 Å². The Labute approximate surface area is 494 Å². The van der Waals surface area contributed by atoms with Crippen molar-refractivity contribution in [2.45, 2.75) is 418 Å². The fourth-order valence-corrected chi connectivity index (χ4v) is 11.5. The molecular formula is C73H141NO5. The summed E-state index contributed by atoms with van der Waals surface area (Å²) in [6.45, 7) is 4.94. The van der Waals surface area contributed by atoms with Gasteiger partial charge in [0.15, 0.2) is 0 Å². The molecule has 1 amide bonds. The van der Waals surface area contributed by atoms with E-state index in [-0.39, 0.29) is 18.5 Å². The third kappa shape index (κ3) is 65.4. The van der Waals surface area contributed by atoms with Gasteiger partial charge in [-0.3, -0.25) is 9.59 Å². The van der Waals surface area contributed by atoms with E-state index in [1.54, 1.807) is 6.08 Å². The van der Waals surface area contributed by atoms with Crippen LogP contribution in [0.2, 0.25) is 0 Å². The first-order valence-electron chi connectivity index (χ1n) is 36.1. The van der Waals surface area contributed by atoms with E-state index in [0.29, 0.717) is 19.4 Å². The van der Waals surface area contributed by atoms with Crippen molar-refractivity contribution in [3.05, 3.63) is 24.3 Å². The molecule has 6 heteroatoms. The maximum absolute atomic E-state index is 12.5. The van der Waals surface area contributed by atoms with Gasteiger partial charge in [-0.15, -0.1) is 0 Å². The number of allylic oxidation sites excluding steroid dienone is 3.